The van der Waals surface area contributed by atoms with E-state index in [0.29, 0.717) is 0 Å². The Balaban J connectivity index is 4.94. The lowest BCUT2D eigenvalue weighted by Crippen LogP contribution is -2.18. The first-order chi connectivity index (χ1) is 8.55. The largest absolute Gasteiger partial charge is 0.481 e. The summed E-state index contributed by atoms with van der Waals surface area (Å²) >= 11 is 6.93. The molecule has 0 spiro atoms. The van der Waals surface area contributed by atoms with Crippen molar-refractivity contribution >= 4 is 34.9 Å². The highest BCUT2D eigenvalue weighted by atomic mass is 32.9. The molecule has 0 aromatic carbocycles. The van der Waals surface area contributed by atoms with Crippen molar-refractivity contribution in [2.24, 2.45) is 5.92 Å². The molecule has 0 aliphatic rings. The van der Waals surface area contributed by atoms with Gasteiger partial charge in [0, 0.05) is 5.25 Å². The Kier molecular flexibility index (Phi) is 8.80. The van der Waals surface area contributed by atoms with Crippen molar-refractivity contribution in [2.45, 2.75) is 65.4 Å². The zero-order valence-corrected chi connectivity index (χ0v) is 15.0. The van der Waals surface area contributed by atoms with Crippen molar-refractivity contribution in [3.63, 3.8) is 0 Å². The predicted molar refractivity (Wildman–Crippen MR) is 85.2 cm³/mol. The number of carbonyl (C=O) groups is 1. The van der Waals surface area contributed by atoms with Crippen molar-refractivity contribution in [3.05, 3.63) is 0 Å². The third kappa shape index (κ3) is 9.03. The van der Waals surface area contributed by atoms with E-state index in [4.69, 9.17) is 26.0 Å². The molecule has 0 fully saturated rings. The normalized spacial score (nSPS) is 14.4. The Hall–Kier alpha value is 0.390. The maximum Gasteiger partial charge on any atom is 0.304 e. The van der Waals surface area contributed by atoms with Crippen LogP contribution in [0.25, 0.3) is 0 Å². The van der Waals surface area contributed by atoms with E-state index in [-0.39, 0.29) is 29.8 Å². The standard InChI is InChI=1S/C12H25O4PS2/c1-8(2)11(7-12(13)14)19-17(18,15-9(3)4)16-10(5)6/h8-11H,7H2,1-6H3,(H,13,14). The van der Waals surface area contributed by atoms with Gasteiger partial charge in [0.05, 0.1) is 18.6 Å². The van der Waals surface area contributed by atoms with Crippen LogP contribution in [0.5, 0.6) is 0 Å². The van der Waals surface area contributed by atoms with Crippen molar-refractivity contribution in [2.75, 3.05) is 0 Å². The maximum absolute atomic E-state index is 10.9. The van der Waals surface area contributed by atoms with Crippen molar-refractivity contribution < 1.29 is 18.9 Å². The minimum absolute atomic E-state index is 0.0327. The number of rotatable bonds is 9. The monoisotopic (exact) mass is 328 g/mol. The van der Waals surface area contributed by atoms with Gasteiger partial charge in [-0.25, -0.2) is 0 Å². The van der Waals surface area contributed by atoms with Gasteiger partial charge in [0.15, 0.2) is 0 Å². The number of aliphatic carboxylic acids is 1. The van der Waals surface area contributed by atoms with E-state index < -0.39 is 11.7 Å². The number of hydrogen-bond donors (Lipinski definition) is 1. The molecule has 1 N–H and O–H groups in total. The first-order valence-corrected chi connectivity index (χ1v) is 10.5. The van der Waals surface area contributed by atoms with Crippen LogP contribution in [-0.2, 0) is 25.6 Å². The molecule has 0 aromatic rings. The summed E-state index contributed by atoms with van der Waals surface area (Å²) in [6, 6.07) is 0. The highest BCUT2D eigenvalue weighted by Gasteiger charge is 2.30. The Morgan fingerprint density at radius 1 is 1.16 bits per heavy atom. The van der Waals surface area contributed by atoms with E-state index in [1.165, 1.54) is 11.4 Å². The molecule has 7 heteroatoms. The van der Waals surface area contributed by atoms with E-state index in [1.54, 1.807) is 0 Å². The summed E-state index contributed by atoms with van der Waals surface area (Å²) in [5.74, 6) is -0.614. The highest BCUT2D eigenvalue weighted by Crippen LogP contribution is 2.65. The van der Waals surface area contributed by atoms with E-state index >= 15 is 0 Å². The van der Waals surface area contributed by atoms with Crippen molar-refractivity contribution in [3.8, 4) is 0 Å². The molecular formula is C12H25O4PS2. The molecule has 0 heterocycles. The fourth-order valence-electron chi connectivity index (χ4n) is 1.32. The lowest BCUT2D eigenvalue weighted by Gasteiger charge is -2.30. The maximum atomic E-state index is 10.9. The second kappa shape index (κ2) is 8.63. The summed E-state index contributed by atoms with van der Waals surface area (Å²) < 4.78 is 11.6. The number of hydrogen-bond acceptors (Lipinski definition) is 5. The van der Waals surface area contributed by atoms with Gasteiger partial charge < -0.3 is 14.2 Å². The summed E-state index contributed by atoms with van der Waals surface area (Å²) in [4.78, 5) is 10.9. The Labute approximate surface area is 125 Å². The molecule has 0 aliphatic heterocycles. The smallest absolute Gasteiger partial charge is 0.304 e. The first-order valence-electron chi connectivity index (χ1n) is 6.42. The summed E-state index contributed by atoms with van der Waals surface area (Å²) in [6.07, 6.45) is 0.00772. The Bertz CT molecular complexity index is 318. The van der Waals surface area contributed by atoms with Crippen LogP contribution in [0.15, 0.2) is 0 Å². The van der Waals surface area contributed by atoms with Crippen LogP contribution < -0.4 is 0 Å². The zero-order valence-electron chi connectivity index (χ0n) is 12.5. The molecule has 0 amide bonds. The van der Waals surface area contributed by atoms with Gasteiger partial charge >= 0.3 is 5.97 Å². The third-order valence-electron chi connectivity index (χ3n) is 2.06. The fraction of sp³-hybridized carbons (Fsp3) is 0.917. The summed E-state index contributed by atoms with van der Waals surface area (Å²) in [5, 5.41) is 8.88. The topological polar surface area (TPSA) is 55.8 Å². The number of carboxylic acids is 1. The van der Waals surface area contributed by atoms with Crippen LogP contribution in [0.4, 0.5) is 0 Å². The first kappa shape index (κ1) is 19.4. The molecule has 0 bridgehead atoms. The average molecular weight is 328 g/mol. The lowest BCUT2D eigenvalue weighted by molar-refractivity contribution is -0.137. The van der Waals surface area contributed by atoms with E-state index in [2.05, 4.69) is 0 Å². The van der Waals surface area contributed by atoms with Crippen molar-refractivity contribution in [1.29, 1.82) is 0 Å². The van der Waals surface area contributed by atoms with Gasteiger partial charge in [0.1, 0.15) is 0 Å². The van der Waals surface area contributed by atoms with Gasteiger partial charge in [-0.05, 0) is 45.4 Å². The van der Waals surface area contributed by atoms with Gasteiger partial charge in [-0.2, -0.15) is 0 Å². The average Bonchev–Trinajstić information content (AvgIpc) is 2.11. The second-order valence-electron chi connectivity index (χ2n) is 5.24. The third-order valence-corrected chi connectivity index (χ3v) is 8.06. The van der Waals surface area contributed by atoms with Gasteiger partial charge in [0.25, 0.3) is 0 Å². The SMILES string of the molecule is CC(C)OP(=S)(OC(C)C)SC(CC(=O)O)C(C)C. The van der Waals surface area contributed by atoms with Gasteiger partial charge in [-0.15, -0.1) is 0 Å². The zero-order chi connectivity index (χ0) is 15.2. The minimum atomic E-state index is -2.51. The quantitative estimate of drug-likeness (QED) is 0.637. The van der Waals surface area contributed by atoms with Crippen LogP contribution in [0, 0.1) is 5.92 Å². The van der Waals surface area contributed by atoms with Crippen LogP contribution in [0.3, 0.4) is 0 Å². The van der Waals surface area contributed by atoms with Gasteiger partial charge in [-0.3, -0.25) is 4.79 Å². The molecule has 4 nitrogen and oxygen atoms in total. The van der Waals surface area contributed by atoms with Crippen LogP contribution in [0.2, 0.25) is 0 Å². The predicted octanol–water partition coefficient (Wildman–Crippen LogP) is 4.29. The molecule has 114 valence electrons. The van der Waals surface area contributed by atoms with E-state index in [0.717, 1.165) is 0 Å². The Morgan fingerprint density at radius 2 is 1.58 bits per heavy atom. The number of carboxylic acid groups (broad SMARTS) is 1. The molecule has 1 atom stereocenters. The van der Waals surface area contributed by atoms with Gasteiger partial charge in [0.2, 0.25) is 5.69 Å². The minimum Gasteiger partial charge on any atom is -0.481 e. The van der Waals surface area contributed by atoms with Crippen LogP contribution in [0.1, 0.15) is 48.0 Å². The summed E-state index contributed by atoms with van der Waals surface area (Å²) in [5.41, 5.74) is -2.51. The summed E-state index contributed by atoms with van der Waals surface area (Å²) in [6.45, 7) is 11.6. The molecule has 1 unspecified atom stereocenters. The molecule has 0 aromatic heterocycles. The molecule has 0 rings (SSSR count). The lowest BCUT2D eigenvalue weighted by atomic mass is 10.1. The molecule has 19 heavy (non-hydrogen) atoms. The molecule has 0 aliphatic carbocycles. The molecule has 0 saturated heterocycles. The molecular weight excluding hydrogens is 303 g/mol. The molecule has 0 radical (unpaired) electrons. The van der Waals surface area contributed by atoms with Gasteiger partial charge in [-0.1, -0.05) is 25.2 Å². The summed E-state index contributed by atoms with van der Waals surface area (Å²) in [7, 11) is 0. The van der Waals surface area contributed by atoms with Crippen LogP contribution in [-0.4, -0.2) is 28.5 Å². The van der Waals surface area contributed by atoms with Crippen LogP contribution >= 0.6 is 17.1 Å². The molecule has 0 saturated carbocycles. The Morgan fingerprint density at radius 3 is 1.84 bits per heavy atom. The van der Waals surface area contributed by atoms with E-state index in [9.17, 15) is 4.79 Å². The fourth-order valence-corrected chi connectivity index (χ4v) is 8.61. The highest BCUT2D eigenvalue weighted by molar-refractivity contribution is 8.68. The van der Waals surface area contributed by atoms with Crippen molar-refractivity contribution in [1.82, 2.24) is 0 Å². The van der Waals surface area contributed by atoms with E-state index in [1.807, 2.05) is 41.5 Å². The second-order valence-corrected chi connectivity index (χ2v) is 11.6.